The van der Waals surface area contributed by atoms with Crippen LogP contribution in [-0.2, 0) is 0 Å². The summed E-state index contributed by atoms with van der Waals surface area (Å²) in [5.41, 5.74) is 22.4. The van der Waals surface area contributed by atoms with Crippen LogP contribution in [0.25, 0.3) is 143 Å². The number of hydrogen-bond acceptors (Lipinski definition) is 0. The van der Waals surface area contributed by atoms with Crippen LogP contribution in [0.5, 0.6) is 0 Å². The summed E-state index contributed by atoms with van der Waals surface area (Å²) in [5, 5.41) is 10.1. The minimum Gasteiger partial charge on any atom is -0.0622 e. The normalized spacial score (nSPS) is 11.7. The number of benzene rings is 13. The second-order valence-electron chi connectivity index (χ2n) is 18.6. The van der Waals surface area contributed by atoms with Gasteiger partial charge in [0.25, 0.3) is 0 Å². The molecule has 0 unspecified atom stereocenters. The molecular formula is C70H44. The van der Waals surface area contributed by atoms with Crippen LogP contribution < -0.4 is 0 Å². The summed E-state index contributed by atoms with van der Waals surface area (Å²) < 4.78 is 0. The van der Waals surface area contributed by atoms with Gasteiger partial charge in [-0.2, -0.15) is 0 Å². The van der Waals surface area contributed by atoms with Crippen LogP contribution in [0.2, 0.25) is 0 Å². The van der Waals surface area contributed by atoms with Gasteiger partial charge in [0.15, 0.2) is 0 Å². The quantitative estimate of drug-likeness (QED) is 0.140. The van der Waals surface area contributed by atoms with Crippen molar-refractivity contribution in [3.63, 3.8) is 0 Å². The molecule has 13 aromatic carbocycles. The summed E-state index contributed by atoms with van der Waals surface area (Å²) in [4.78, 5) is 0. The van der Waals surface area contributed by atoms with Crippen molar-refractivity contribution in [2.24, 2.45) is 0 Å². The Hall–Kier alpha value is -9.10. The van der Waals surface area contributed by atoms with Crippen molar-refractivity contribution in [1.29, 1.82) is 0 Å². The summed E-state index contributed by atoms with van der Waals surface area (Å²) in [6, 6.07) is 98.9. The van der Waals surface area contributed by atoms with Gasteiger partial charge in [-0.25, -0.2) is 0 Å². The fraction of sp³-hybridized carbons (Fsp3) is 0. The number of rotatable bonds is 7. The van der Waals surface area contributed by atoms with E-state index >= 15 is 0 Å². The third-order valence-corrected chi connectivity index (χ3v) is 14.8. The molecule has 0 aromatic heterocycles. The maximum Gasteiger partial charge on any atom is -0.000741 e. The monoisotopic (exact) mass is 884 g/mol. The lowest BCUT2D eigenvalue weighted by Gasteiger charge is -2.22. The van der Waals surface area contributed by atoms with Gasteiger partial charge in [-0.15, -0.1) is 0 Å². The maximum absolute atomic E-state index is 2.48. The Kier molecular flexibility index (Phi) is 9.32. The molecule has 0 atom stereocenters. The van der Waals surface area contributed by atoms with E-state index < -0.39 is 0 Å². The third kappa shape index (κ3) is 6.38. The number of hydrogen-bond donors (Lipinski definition) is 0. The highest BCUT2D eigenvalue weighted by Gasteiger charge is 2.30. The van der Waals surface area contributed by atoms with Gasteiger partial charge >= 0.3 is 0 Å². The lowest BCUT2D eigenvalue weighted by atomic mass is 9.81. The first-order chi connectivity index (χ1) is 34.7. The van der Waals surface area contributed by atoms with Crippen LogP contribution in [0.4, 0.5) is 0 Å². The molecule has 0 spiro atoms. The topological polar surface area (TPSA) is 0 Å². The molecule has 1 aliphatic carbocycles. The second kappa shape index (κ2) is 16.3. The first-order valence-electron chi connectivity index (χ1n) is 24.3. The largest absolute Gasteiger partial charge is 0.0622 e. The fourth-order valence-electron chi connectivity index (χ4n) is 11.7. The Bertz CT molecular complexity index is 4150. The lowest BCUT2D eigenvalue weighted by Crippen LogP contribution is -1.94. The zero-order valence-corrected chi connectivity index (χ0v) is 38.4. The molecule has 324 valence electrons. The van der Waals surface area contributed by atoms with E-state index in [2.05, 4.69) is 267 Å². The summed E-state index contributed by atoms with van der Waals surface area (Å²) >= 11 is 0. The highest BCUT2D eigenvalue weighted by molar-refractivity contribution is 6.28. The minimum absolute atomic E-state index is 1.18. The zero-order valence-electron chi connectivity index (χ0n) is 38.4. The molecule has 0 aliphatic heterocycles. The SMILES string of the molecule is c1ccc(-c2ccc(-c3c4ccccc4c(-c4ccc(-c5ccccc5)cc4)c4cc(-c5ccc6c(-c7ccccc7)c7c(c(-c8ccccc8)c6c5)-c5cccc6cccc-7c56)ccc34)cc2)cc1. The van der Waals surface area contributed by atoms with E-state index in [1.54, 1.807) is 0 Å². The Morgan fingerprint density at radius 2 is 0.457 bits per heavy atom. The number of fused-ring (bicyclic) bond motifs is 6. The van der Waals surface area contributed by atoms with Crippen molar-refractivity contribution in [3.8, 4) is 100 Å². The third-order valence-electron chi connectivity index (χ3n) is 14.8. The van der Waals surface area contributed by atoms with Crippen LogP contribution in [0.1, 0.15) is 0 Å². The van der Waals surface area contributed by atoms with Crippen LogP contribution in [0.3, 0.4) is 0 Å². The van der Waals surface area contributed by atoms with E-state index in [1.807, 2.05) is 0 Å². The molecule has 0 nitrogen and oxygen atoms in total. The van der Waals surface area contributed by atoms with E-state index in [0.29, 0.717) is 0 Å². The average Bonchev–Trinajstić information content (AvgIpc) is 3.77. The van der Waals surface area contributed by atoms with E-state index in [0.717, 1.165) is 0 Å². The molecule has 0 bridgehead atoms. The van der Waals surface area contributed by atoms with Crippen LogP contribution in [-0.4, -0.2) is 0 Å². The van der Waals surface area contributed by atoms with E-state index in [-0.39, 0.29) is 0 Å². The van der Waals surface area contributed by atoms with E-state index in [9.17, 15) is 0 Å². The van der Waals surface area contributed by atoms with E-state index in [4.69, 9.17) is 0 Å². The molecule has 1 aliphatic rings. The molecule has 14 rings (SSSR count). The second-order valence-corrected chi connectivity index (χ2v) is 18.6. The van der Waals surface area contributed by atoms with Gasteiger partial charge in [-0.3, -0.25) is 0 Å². The predicted octanol–water partition coefficient (Wildman–Crippen LogP) is 19.6. The summed E-state index contributed by atoms with van der Waals surface area (Å²) in [7, 11) is 0. The van der Waals surface area contributed by atoms with Crippen LogP contribution in [0.15, 0.2) is 267 Å². The van der Waals surface area contributed by atoms with Crippen molar-refractivity contribution in [3.05, 3.63) is 267 Å². The average molecular weight is 885 g/mol. The van der Waals surface area contributed by atoms with Gasteiger partial charge in [0.2, 0.25) is 0 Å². The molecular weight excluding hydrogens is 841 g/mol. The first-order valence-corrected chi connectivity index (χ1v) is 24.3. The molecule has 0 amide bonds. The predicted molar refractivity (Wildman–Crippen MR) is 299 cm³/mol. The Balaban J connectivity index is 1.04. The highest BCUT2D eigenvalue weighted by atomic mass is 14.3. The Morgan fingerprint density at radius 3 is 0.914 bits per heavy atom. The van der Waals surface area contributed by atoms with Gasteiger partial charge in [-0.05, 0) is 155 Å². The molecule has 0 N–H and O–H groups in total. The van der Waals surface area contributed by atoms with Gasteiger partial charge in [0.1, 0.15) is 0 Å². The molecule has 0 saturated heterocycles. The van der Waals surface area contributed by atoms with Crippen molar-refractivity contribution >= 4 is 43.1 Å². The van der Waals surface area contributed by atoms with Gasteiger partial charge < -0.3 is 0 Å². The van der Waals surface area contributed by atoms with Crippen molar-refractivity contribution in [2.45, 2.75) is 0 Å². The molecule has 70 heavy (non-hydrogen) atoms. The van der Waals surface area contributed by atoms with Gasteiger partial charge in [0.05, 0.1) is 0 Å². The zero-order chi connectivity index (χ0) is 46.1. The summed E-state index contributed by atoms with van der Waals surface area (Å²) in [5.74, 6) is 0. The van der Waals surface area contributed by atoms with Gasteiger partial charge in [-0.1, -0.05) is 255 Å². The van der Waals surface area contributed by atoms with Gasteiger partial charge in [0, 0.05) is 0 Å². The van der Waals surface area contributed by atoms with Crippen LogP contribution in [0, 0.1) is 0 Å². The van der Waals surface area contributed by atoms with Crippen molar-refractivity contribution in [2.75, 3.05) is 0 Å². The van der Waals surface area contributed by atoms with Crippen molar-refractivity contribution < 1.29 is 0 Å². The maximum atomic E-state index is 2.48. The summed E-state index contributed by atoms with van der Waals surface area (Å²) in [6.07, 6.45) is 0. The molecule has 0 radical (unpaired) electrons. The Morgan fingerprint density at radius 1 is 0.157 bits per heavy atom. The molecule has 0 heteroatoms. The molecule has 0 heterocycles. The fourth-order valence-corrected chi connectivity index (χ4v) is 11.7. The standard InChI is InChI=1S/C70H44/c1-5-17-45(18-6-1)47-31-35-52(36-32-47)64-56-27-13-14-28-57(56)65(53-37-33-48(34-38-53)46-19-7-2-8-20-46)62-43-54(39-41-58(62)64)55-40-42-59-63(44-55)68(51-23-11-4-12-24-51)70-61-30-16-26-49-25-15-29-60(66(49)61)69(70)67(59)50-21-9-3-10-22-50/h1-44H. The minimum atomic E-state index is 1.18. The molecule has 0 fully saturated rings. The van der Waals surface area contributed by atoms with E-state index in [1.165, 1.54) is 143 Å². The smallest absolute Gasteiger partial charge is 0.000741 e. The molecule has 0 saturated carbocycles. The highest BCUT2D eigenvalue weighted by Crippen LogP contribution is 2.58. The van der Waals surface area contributed by atoms with Crippen molar-refractivity contribution in [1.82, 2.24) is 0 Å². The first kappa shape index (κ1) is 40.0. The lowest BCUT2D eigenvalue weighted by molar-refractivity contribution is 1.60. The molecule has 13 aromatic rings. The summed E-state index contributed by atoms with van der Waals surface area (Å²) in [6.45, 7) is 0. The Labute approximate surface area is 408 Å². The van der Waals surface area contributed by atoms with Crippen LogP contribution >= 0.6 is 0 Å².